The molecular weight excluding hydrogens is 354 g/mol. The molecule has 0 bridgehead atoms. The first kappa shape index (κ1) is 19.6. The summed E-state index contributed by atoms with van der Waals surface area (Å²) in [6.45, 7) is 3.51. The highest BCUT2D eigenvalue weighted by atomic mass is 16.4. The Kier molecular flexibility index (Phi) is 5.80. The standard InChI is InChI=1S/C22H25N3O3/c1-16(26)22(2,14-18-15-23-20-11-7-6-10-19(18)20)25(21(27)28)24-13-12-17-8-4-3-5-9-17/h3-11,15,23-24H,12-14H2,1-2H3,(H,27,28). The first-order chi connectivity index (χ1) is 13.4. The summed E-state index contributed by atoms with van der Waals surface area (Å²) in [7, 11) is 0. The Balaban J connectivity index is 1.81. The quantitative estimate of drug-likeness (QED) is 0.520. The summed E-state index contributed by atoms with van der Waals surface area (Å²) in [5.41, 5.74) is 4.69. The molecule has 1 unspecified atom stereocenters. The van der Waals surface area contributed by atoms with E-state index < -0.39 is 11.6 Å². The smallest absolute Gasteiger partial charge is 0.422 e. The van der Waals surface area contributed by atoms with Crippen LogP contribution in [0.25, 0.3) is 10.9 Å². The average molecular weight is 379 g/mol. The summed E-state index contributed by atoms with van der Waals surface area (Å²) in [6.07, 6.45) is 1.60. The van der Waals surface area contributed by atoms with Gasteiger partial charge in [-0.25, -0.2) is 15.2 Å². The van der Waals surface area contributed by atoms with Crippen molar-refractivity contribution in [3.63, 3.8) is 0 Å². The van der Waals surface area contributed by atoms with E-state index in [1.165, 1.54) is 6.92 Å². The molecule has 28 heavy (non-hydrogen) atoms. The van der Waals surface area contributed by atoms with Gasteiger partial charge in [0.15, 0.2) is 5.78 Å². The van der Waals surface area contributed by atoms with E-state index in [2.05, 4.69) is 10.4 Å². The number of H-pyrrole nitrogens is 1. The van der Waals surface area contributed by atoms with Crippen molar-refractivity contribution in [3.8, 4) is 0 Å². The summed E-state index contributed by atoms with van der Waals surface area (Å²) in [5.74, 6) is -0.215. The number of aromatic nitrogens is 1. The third kappa shape index (κ3) is 4.07. The number of amides is 1. The van der Waals surface area contributed by atoms with Crippen LogP contribution in [-0.2, 0) is 17.6 Å². The van der Waals surface area contributed by atoms with Crippen LogP contribution in [0.15, 0.2) is 60.8 Å². The van der Waals surface area contributed by atoms with E-state index in [0.717, 1.165) is 27.0 Å². The predicted molar refractivity (Wildman–Crippen MR) is 109 cm³/mol. The molecule has 1 heterocycles. The minimum Gasteiger partial charge on any atom is -0.464 e. The maximum atomic E-state index is 12.6. The molecule has 6 heteroatoms. The van der Waals surface area contributed by atoms with Crippen LogP contribution < -0.4 is 5.43 Å². The van der Waals surface area contributed by atoms with Gasteiger partial charge in [0.25, 0.3) is 0 Å². The van der Waals surface area contributed by atoms with Gasteiger partial charge >= 0.3 is 6.09 Å². The molecule has 0 saturated carbocycles. The number of hydrogen-bond donors (Lipinski definition) is 3. The summed E-state index contributed by atoms with van der Waals surface area (Å²) in [4.78, 5) is 27.7. The predicted octanol–water partition coefficient (Wildman–Crippen LogP) is 3.79. The molecule has 0 radical (unpaired) electrons. The molecule has 0 aliphatic rings. The summed E-state index contributed by atoms with van der Waals surface area (Å²) < 4.78 is 0. The number of carbonyl (C=O) groups excluding carboxylic acids is 1. The molecule has 0 saturated heterocycles. The Morgan fingerprint density at radius 2 is 1.79 bits per heavy atom. The largest absolute Gasteiger partial charge is 0.464 e. The normalized spacial score (nSPS) is 13.2. The van der Waals surface area contributed by atoms with Gasteiger partial charge < -0.3 is 10.1 Å². The number of hydrogen-bond acceptors (Lipinski definition) is 3. The topological polar surface area (TPSA) is 85.4 Å². The maximum absolute atomic E-state index is 12.6. The second kappa shape index (κ2) is 8.27. The lowest BCUT2D eigenvalue weighted by Crippen LogP contribution is -2.61. The van der Waals surface area contributed by atoms with E-state index in [9.17, 15) is 14.7 Å². The molecule has 1 atom stereocenters. The van der Waals surface area contributed by atoms with E-state index in [1.807, 2.05) is 60.8 Å². The number of rotatable bonds is 8. The number of fused-ring (bicyclic) bond motifs is 1. The molecule has 0 fully saturated rings. The zero-order valence-corrected chi connectivity index (χ0v) is 16.1. The van der Waals surface area contributed by atoms with Gasteiger partial charge in [-0.05, 0) is 37.5 Å². The van der Waals surface area contributed by atoms with Gasteiger partial charge in [-0.15, -0.1) is 0 Å². The Hall–Kier alpha value is -3.12. The number of hydrazine groups is 1. The van der Waals surface area contributed by atoms with Crippen LogP contribution in [-0.4, -0.2) is 39.1 Å². The number of nitrogens with zero attached hydrogens (tertiary/aromatic N) is 1. The molecule has 1 amide bonds. The first-order valence-electron chi connectivity index (χ1n) is 9.28. The van der Waals surface area contributed by atoms with Crippen LogP contribution >= 0.6 is 0 Å². The zero-order valence-electron chi connectivity index (χ0n) is 16.1. The molecule has 0 aliphatic heterocycles. The zero-order chi connectivity index (χ0) is 20.1. The molecule has 0 aliphatic carbocycles. The Morgan fingerprint density at radius 3 is 2.46 bits per heavy atom. The third-order valence-electron chi connectivity index (χ3n) is 5.18. The summed E-state index contributed by atoms with van der Waals surface area (Å²) >= 11 is 0. The fraction of sp³-hybridized carbons (Fsp3) is 0.273. The van der Waals surface area contributed by atoms with Crippen molar-refractivity contribution in [3.05, 3.63) is 71.9 Å². The highest BCUT2D eigenvalue weighted by Crippen LogP contribution is 2.26. The molecule has 0 spiro atoms. The van der Waals surface area contributed by atoms with Crippen molar-refractivity contribution in [1.29, 1.82) is 0 Å². The van der Waals surface area contributed by atoms with Gasteiger partial charge in [0.1, 0.15) is 5.54 Å². The van der Waals surface area contributed by atoms with Crippen LogP contribution in [0.4, 0.5) is 4.79 Å². The van der Waals surface area contributed by atoms with Crippen LogP contribution in [0.5, 0.6) is 0 Å². The third-order valence-corrected chi connectivity index (χ3v) is 5.18. The minimum atomic E-state index is -1.23. The number of carbonyl (C=O) groups is 2. The lowest BCUT2D eigenvalue weighted by Gasteiger charge is -2.37. The highest BCUT2D eigenvalue weighted by Gasteiger charge is 2.40. The fourth-order valence-corrected chi connectivity index (χ4v) is 3.42. The van der Waals surface area contributed by atoms with E-state index in [4.69, 9.17) is 0 Å². The lowest BCUT2D eigenvalue weighted by atomic mass is 9.88. The lowest BCUT2D eigenvalue weighted by molar-refractivity contribution is -0.129. The van der Waals surface area contributed by atoms with Crippen LogP contribution in [0.1, 0.15) is 25.0 Å². The summed E-state index contributed by atoms with van der Waals surface area (Å²) in [6, 6.07) is 17.6. The van der Waals surface area contributed by atoms with Crippen LogP contribution in [0.3, 0.4) is 0 Å². The first-order valence-corrected chi connectivity index (χ1v) is 9.28. The highest BCUT2D eigenvalue weighted by molar-refractivity contribution is 5.91. The van der Waals surface area contributed by atoms with Gasteiger partial charge in [-0.2, -0.15) is 0 Å². The van der Waals surface area contributed by atoms with Crippen LogP contribution in [0.2, 0.25) is 0 Å². The number of aromatic amines is 1. The maximum Gasteiger partial charge on any atom is 0.422 e. The van der Waals surface area contributed by atoms with Crippen molar-refractivity contribution < 1.29 is 14.7 Å². The average Bonchev–Trinajstić information content (AvgIpc) is 3.08. The Labute approximate surface area is 164 Å². The second-order valence-electron chi connectivity index (χ2n) is 7.13. The van der Waals surface area contributed by atoms with Gasteiger partial charge in [0, 0.05) is 30.1 Å². The monoisotopic (exact) mass is 379 g/mol. The molecule has 3 N–H and O–H groups in total. The van der Waals surface area contributed by atoms with Gasteiger partial charge in [0.05, 0.1) is 0 Å². The number of Topliss-reactive ketones (excluding diaryl/α,β-unsaturated/α-hetero) is 1. The Bertz CT molecular complexity index is 967. The minimum absolute atomic E-state index is 0.215. The van der Waals surface area contributed by atoms with Crippen molar-refractivity contribution in [2.75, 3.05) is 6.54 Å². The number of ketones is 1. The molecule has 1 aromatic heterocycles. The number of nitrogens with one attached hydrogen (secondary N) is 2. The number of carboxylic acid groups (broad SMARTS) is 1. The number of benzene rings is 2. The Morgan fingerprint density at radius 1 is 1.11 bits per heavy atom. The van der Waals surface area contributed by atoms with E-state index in [-0.39, 0.29) is 12.2 Å². The second-order valence-corrected chi connectivity index (χ2v) is 7.13. The van der Waals surface area contributed by atoms with E-state index in [1.54, 1.807) is 6.92 Å². The van der Waals surface area contributed by atoms with Gasteiger partial charge in [0.2, 0.25) is 0 Å². The molecule has 6 nitrogen and oxygen atoms in total. The van der Waals surface area contributed by atoms with E-state index >= 15 is 0 Å². The number of para-hydroxylation sites is 1. The van der Waals surface area contributed by atoms with Crippen molar-refractivity contribution >= 4 is 22.8 Å². The summed E-state index contributed by atoms with van der Waals surface area (Å²) in [5, 5.41) is 11.8. The molecule has 2 aromatic carbocycles. The van der Waals surface area contributed by atoms with Gasteiger partial charge in [-0.3, -0.25) is 4.79 Å². The van der Waals surface area contributed by atoms with E-state index in [0.29, 0.717) is 13.0 Å². The SMILES string of the molecule is CC(=O)C(C)(Cc1c[nH]c2ccccc12)N(NCCc1ccccc1)C(=O)O. The fourth-order valence-electron chi connectivity index (χ4n) is 3.42. The molecular formula is C22H25N3O3. The van der Waals surface area contributed by atoms with Crippen molar-refractivity contribution in [2.45, 2.75) is 32.2 Å². The molecule has 3 rings (SSSR count). The molecule has 146 valence electrons. The van der Waals surface area contributed by atoms with Crippen molar-refractivity contribution in [1.82, 2.24) is 15.4 Å². The van der Waals surface area contributed by atoms with Crippen molar-refractivity contribution in [2.24, 2.45) is 0 Å². The van der Waals surface area contributed by atoms with Crippen LogP contribution in [0, 0.1) is 0 Å². The molecule has 3 aromatic rings. The van der Waals surface area contributed by atoms with Gasteiger partial charge in [-0.1, -0.05) is 48.5 Å².